The molecule has 0 aromatic carbocycles. The Kier molecular flexibility index (Phi) is 4.36. The van der Waals surface area contributed by atoms with Gasteiger partial charge in [0.15, 0.2) is 11.6 Å². The standard InChI is InChI=1S/C27H37NO3/c1-14-11-21-24(28-13-14)16(3)27(31-21)10-8-19-20-6-5-17-12-18(29)7-9-26(17,4)23(20)25(30)22(19)15(27)2/h12,14,16,19-21,23-24,28H,5-11,13H2,1-4H3. The molecule has 6 rings (SSSR count). The number of nitrogens with one attached hydrogen (secondary N) is 1. The molecule has 1 spiro atoms. The van der Waals surface area contributed by atoms with Crippen molar-refractivity contribution in [3.63, 3.8) is 0 Å². The molecule has 2 heterocycles. The van der Waals surface area contributed by atoms with Crippen LogP contribution in [0.3, 0.4) is 0 Å². The molecule has 2 saturated heterocycles. The summed E-state index contributed by atoms with van der Waals surface area (Å²) in [5.41, 5.74) is 3.22. The minimum absolute atomic E-state index is 0.0582. The second-order valence-corrected chi connectivity index (χ2v) is 11.9. The summed E-state index contributed by atoms with van der Waals surface area (Å²) < 4.78 is 6.92. The number of ether oxygens (including phenoxy) is 1. The van der Waals surface area contributed by atoms with Crippen LogP contribution in [0.5, 0.6) is 0 Å². The largest absolute Gasteiger partial charge is 0.365 e. The summed E-state index contributed by atoms with van der Waals surface area (Å²) in [5, 5.41) is 3.77. The first kappa shape index (κ1) is 20.4. The molecular formula is C27H37NO3. The maximum atomic E-state index is 14.1. The van der Waals surface area contributed by atoms with E-state index in [4.69, 9.17) is 4.74 Å². The van der Waals surface area contributed by atoms with E-state index in [1.807, 2.05) is 6.08 Å². The summed E-state index contributed by atoms with van der Waals surface area (Å²) in [7, 11) is 0. The molecule has 9 unspecified atom stereocenters. The first-order valence-corrected chi connectivity index (χ1v) is 12.7. The monoisotopic (exact) mass is 423 g/mol. The van der Waals surface area contributed by atoms with Crippen LogP contribution < -0.4 is 5.32 Å². The zero-order valence-electron chi connectivity index (χ0n) is 19.5. The maximum Gasteiger partial charge on any atom is 0.163 e. The summed E-state index contributed by atoms with van der Waals surface area (Å²) in [5.74, 6) is 2.58. The fourth-order valence-electron chi connectivity index (χ4n) is 8.84. The molecule has 2 saturated carbocycles. The molecule has 6 aliphatic rings. The van der Waals surface area contributed by atoms with Crippen molar-refractivity contribution >= 4 is 11.6 Å². The number of hydrogen-bond acceptors (Lipinski definition) is 4. The third-order valence-electron chi connectivity index (χ3n) is 10.5. The van der Waals surface area contributed by atoms with Gasteiger partial charge in [-0.15, -0.1) is 0 Å². The zero-order chi connectivity index (χ0) is 21.7. The van der Waals surface area contributed by atoms with E-state index in [1.54, 1.807) is 0 Å². The third kappa shape index (κ3) is 2.55. The fraction of sp³-hybridized carbons (Fsp3) is 0.778. The number of piperidine rings is 1. The van der Waals surface area contributed by atoms with Gasteiger partial charge >= 0.3 is 0 Å². The first-order chi connectivity index (χ1) is 14.8. The predicted molar refractivity (Wildman–Crippen MR) is 119 cm³/mol. The van der Waals surface area contributed by atoms with Crippen LogP contribution in [0.15, 0.2) is 22.8 Å². The molecular weight excluding hydrogens is 386 g/mol. The molecule has 4 nitrogen and oxygen atoms in total. The molecule has 31 heavy (non-hydrogen) atoms. The van der Waals surface area contributed by atoms with E-state index in [-0.39, 0.29) is 28.8 Å². The first-order valence-electron chi connectivity index (χ1n) is 12.7. The molecule has 0 aromatic rings. The average molecular weight is 424 g/mol. The van der Waals surface area contributed by atoms with E-state index >= 15 is 0 Å². The van der Waals surface area contributed by atoms with Gasteiger partial charge in [-0.25, -0.2) is 0 Å². The van der Waals surface area contributed by atoms with Gasteiger partial charge in [-0.2, -0.15) is 0 Å². The minimum atomic E-state index is -0.274. The Morgan fingerprint density at radius 3 is 2.74 bits per heavy atom. The Labute approximate surface area is 186 Å². The van der Waals surface area contributed by atoms with Gasteiger partial charge in [0.05, 0.1) is 11.7 Å². The van der Waals surface area contributed by atoms with Crippen LogP contribution in [0.4, 0.5) is 0 Å². The van der Waals surface area contributed by atoms with Gasteiger partial charge in [0.2, 0.25) is 0 Å². The fourth-order valence-corrected chi connectivity index (χ4v) is 8.84. The Morgan fingerprint density at radius 2 is 1.94 bits per heavy atom. The minimum Gasteiger partial charge on any atom is -0.365 e. The van der Waals surface area contributed by atoms with Gasteiger partial charge in [0, 0.05) is 29.9 Å². The van der Waals surface area contributed by atoms with Crippen molar-refractivity contribution in [1.29, 1.82) is 0 Å². The highest BCUT2D eigenvalue weighted by Crippen LogP contribution is 2.64. The van der Waals surface area contributed by atoms with Crippen molar-refractivity contribution in [2.75, 3.05) is 6.54 Å². The third-order valence-corrected chi connectivity index (χ3v) is 10.5. The Morgan fingerprint density at radius 1 is 1.13 bits per heavy atom. The van der Waals surface area contributed by atoms with Crippen LogP contribution in [-0.4, -0.2) is 35.9 Å². The second-order valence-electron chi connectivity index (χ2n) is 11.9. The van der Waals surface area contributed by atoms with Crippen LogP contribution in [0.2, 0.25) is 0 Å². The highest BCUT2D eigenvalue weighted by molar-refractivity contribution is 6.03. The predicted octanol–water partition coefficient (Wildman–Crippen LogP) is 4.39. The van der Waals surface area contributed by atoms with E-state index in [0.29, 0.717) is 41.9 Å². The number of carbonyl (C=O) groups is 2. The summed E-state index contributed by atoms with van der Waals surface area (Å²) in [6.07, 6.45) is 8.88. The smallest absolute Gasteiger partial charge is 0.163 e. The van der Waals surface area contributed by atoms with Crippen molar-refractivity contribution in [2.24, 2.45) is 35.0 Å². The van der Waals surface area contributed by atoms with Crippen LogP contribution in [0.25, 0.3) is 0 Å². The number of Topliss-reactive ketones (excluding diaryl/α,β-unsaturated/α-hetero) is 1. The van der Waals surface area contributed by atoms with E-state index in [2.05, 4.69) is 33.0 Å². The van der Waals surface area contributed by atoms with Gasteiger partial charge in [-0.05, 0) is 86.8 Å². The molecule has 4 heteroatoms. The quantitative estimate of drug-likeness (QED) is 0.628. The molecule has 4 fully saturated rings. The second kappa shape index (κ2) is 6.63. The molecule has 2 aliphatic heterocycles. The average Bonchev–Trinajstić information content (AvgIpc) is 3.18. The van der Waals surface area contributed by atoms with Crippen molar-refractivity contribution in [2.45, 2.75) is 90.4 Å². The van der Waals surface area contributed by atoms with Crippen molar-refractivity contribution in [3.8, 4) is 0 Å². The Hall–Kier alpha value is -1.26. The van der Waals surface area contributed by atoms with Crippen molar-refractivity contribution < 1.29 is 14.3 Å². The molecule has 9 atom stereocenters. The molecule has 0 radical (unpaired) electrons. The number of carbonyl (C=O) groups excluding carboxylic acids is 2. The van der Waals surface area contributed by atoms with E-state index < -0.39 is 0 Å². The summed E-state index contributed by atoms with van der Waals surface area (Å²) in [4.78, 5) is 26.2. The molecule has 4 aliphatic carbocycles. The number of fused-ring (bicyclic) bond motifs is 6. The van der Waals surface area contributed by atoms with Gasteiger partial charge in [-0.3, -0.25) is 9.59 Å². The zero-order valence-corrected chi connectivity index (χ0v) is 19.5. The summed E-state index contributed by atoms with van der Waals surface area (Å²) >= 11 is 0. The lowest BCUT2D eigenvalue weighted by molar-refractivity contribution is -0.125. The molecule has 0 aromatic heterocycles. The van der Waals surface area contributed by atoms with Crippen LogP contribution in [0.1, 0.15) is 72.6 Å². The highest BCUT2D eigenvalue weighted by Gasteiger charge is 2.63. The molecule has 0 amide bonds. The Balaban J connectivity index is 1.40. The number of ketones is 2. The summed E-state index contributed by atoms with van der Waals surface area (Å²) in [6.45, 7) is 10.2. The van der Waals surface area contributed by atoms with E-state index in [0.717, 1.165) is 50.6 Å². The lowest BCUT2D eigenvalue weighted by Crippen LogP contribution is -2.49. The van der Waals surface area contributed by atoms with Crippen molar-refractivity contribution in [3.05, 3.63) is 22.8 Å². The van der Waals surface area contributed by atoms with Gasteiger partial charge in [-0.1, -0.05) is 26.3 Å². The lowest BCUT2D eigenvalue weighted by Gasteiger charge is -2.47. The van der Waals surface area contributed by atoms with Gasteiger partial charge < -0.3 is 10.1 Å². The summed E-state index contributed by atoms with van der Waals surface area (Å²) in [6, 6.07) is 0.401. The maximum absolute atomic E-state index is 14.1. The van der Waals surface area contributed by atoms with Crippen LogP contribution >= 0.6 is 0 Å². The number of allylic oxidation sites excluding steroid dienone is 3. The van der Waals surface area contributed by atoms with Crippen molar-refractivity contribution in [1.82, 2.24) is 5.32 Å². The number of rotatable bonds is 0. The Bertz CT molecular complexity index is 917. The van der Waals surface area contributed by atoms with Crippen LogP contribution in [0, 0.1) is 35.0 Å². The molecule has 0 bridgehead atoms. The van der Waals surface area contributed by atoms with Gasteiger partial charge in [0.25, 0.3) is 0 Å². The highest BCUT2D eigenvalue weighted by atomic mass is 16.5. The normalized spacial score (nSPS) is 51.4. The van der Waals surface area contributed by atoms with E-state index in [9.17, 15) is 9.59 Å². The molecule has 168 valence electrons. The van der Waals surface area contributed by atoms with Crippen LogP contribution in [-0.2, 0) is 14.3 Å². The van der Waals surface area contributed by atoms with Gasteiger partial charge in [0.1, 0.15) is 0 Å². The lowest BCUT2D eigenvalue weighted by atomic mass is 9.56. The number of hydrogen-bond donors (Lipinski definition) is 1. The van der Waals surface area contributed by atoms with E-state index in [1.165, 1.54) is 11.1 Å². The SMILES string of the molecule is CC1=C2C(=O)C3C(CCC4=CC(=O)CCC43C)C2CCC12OC1CC(C)CNC1C2C. The topological polar surface area (TPSA) is 55.4 Å². The molecule has 1 N–H and O–H groups in total.